The Morgan fingerprint density at radius 3 is 2.69 bits per heavy atom. The van der Waals surface area contributed by atoms with E-state index in [-0.39, 0.29) is 46.5 Å². The molecule has 3 unspecified atom stereocenters. The van der Waals surface area contributed by atoms with Gasteiger partial charge in [-0.2, -0.15) is 9.97 Å². The van der Waals surface area contributed by atoms with Gasteiger partial charge in [0, 0.05) is 48.3 Å². The Balaban J connectivity index is 1.37. The van der Waals surface area contributed by atoms with Crippen LogP contribution in [0.15, 0.2) is 36.4 Å². The number of hydrogen-bond donors (Lipinski definition) is 2. The molecule has 0 spiro atoms. The number of alkyl halides is 1. The van der Waals surface area contributed by atoms with Crippen LogP contribution in [0.1, 0.15) is 45.1 Å². The zero-order chi connectivity index (χ0) is 31.7. The first kappa shape index (κ1) is 29.6. The molecule has 4 aromatic rings. The molecule has 0 amide bonds. The van der Waals surface area contributed by atoms with Crippen molar-refractivity contribution in [2.75, 3.05) is 37.7 Å². The topological polar surface area (TPSA) is 82.0 Å². The summed E-state index contributed by atoms with van der Waals surface area (Å²) in [6, 6.07) is 8.76. The van der Waals surface area contributed by atoms with E-state index in [9.17, 15) is 19.0 Å². The number of fused-ring (bicyclic) bond motifs is 3. The van der Waals surface area contributed by atoms with Gasteiger partial charge in [0.1, 0.15) is 35.7 Å². The van der Waals surface area contributed by atoms with Crippen LogP contribution in [0.2, 0.25) is 0 Å². The maximum Gasteiger partial charge on any atom is 0.319 e. The molecule has 3 aromatic carbocycles. The maximum atomic E-state index is 16.8. The van der Waals surface area contributed by atoms with Crippen LogP contribution in [-0.2, 0) is 0 Å². The van der Waals surface area contributed by atoms with Gasteiger partial charge in [-0.25, -0.2) is 13.2 Å². The molecule has 0 saturated carbocycles. The van der Waals surface area contributed by atoms with E-state index in [1.165, 1.54) is 24.3 Å². The van der Waals surface area contributed by atoms with Crippen molar-refractivity contribution in [1.29, 1.82) is 0 Å². The molecular formula is C35H35F3N4O3. The zero-order valence-corrected chi connectivity index (χ0v) is 25.3. The summed E-state index contributed by atoms with van der Waals surface area (Å²) in [4.78, 5) is 13.4. The smallest absolute Gasteiger partial charge is 0.319 e. The number of halogens is 3. The molecule has 0 radical (unpaired) electrons. The highest BCUT2D eigenvalue weighted by Crippen LogP contribution is 2.43. The maximum absolute atomic E-state index is 16.8. The second kappa shape index (κ2) is 10.8. The van der Waals surface area contributed by atoms with Gasteiger partial charge in [-0.1, -0.05) is 18.1 Å². The number of aliphatic hydroxyl groups is 1. The lowest BCUT2D eigenvalue weighted by atomic mass is 9.90. The molecule has 234 valence electrons. The Hall–Kier alpha value is -4.07. The van der Waals surface area contributed by atoms with E-state index in [2.05, 4.69) is 15.8 Å². The van der Waals surface area contributed by atoms with Gasteiger partial charge in [-0.3, -0.25) is 4.90 Å². The highest BCUT2D eigenvalue weighted by molar-refractivity contribution is 6.04. The first-order chi connectivity index (χ1) is 21.5. The molecule has 7 rings (SSSR count). The monoisotopic (exact) mass is 616 g/mol. The number of anilines is 1. The van der Waals surface area contributed by atoms with Crippen molar-refractivity contribution in [1.82, 2.24) is 14.9 Å². The minimum atomic E-state index is -0.930. The molecule has 0 aliphatic carbocycles. The summed E-state index contributed by atoms with van der Waals surface area (Å²) in [6.07, 6.45) is 7.57. The van der Waals surface area contributed by atoms with Gasteiger partial charge in [0.2, 0.25) is 0 Å². The second-order valence-corrected chi connectivity index (χ2v) is 13.3. The quantitative estimate of drug-likeness (QED) is 0.259. The van der Waals surface area contributed by atoms with Crippen LogP contribution in [0.5, 0.6) is 11.8 Å². The first-order valence-electron chi connectivity index (χ1n) is 15.4. The average molecular weight is 617 g/mol. The highest BCUT2D eigenvalue weighted by atomic mass is 19.1. The van der Waals surface area contributed by atoms with Gasteiger partial charge in [0.15, 0.2) is 5.82 Å². The summed E-state index contributed by atoms with van der Waals surface area (Å²) >= 11 is 0. The SMILES string of the molecule is C#Cc1c(F)ccc2cc(O)cc(-c3ccc4c(N5CCC(C(C)(C)O)C5)nc(OCC56CCCN5CC(F)C6)nc4c3F)c12. The minimum Gasteiger partial charge on any atom is -0.508 e. The number of hydrogen-bond acceptors (Lipinski definition) is 7. The molecule has 3 aliphatic heterocycles. The fraction of sp³-hybridized carbons (Fsp3) is 0.429. The number of rotatable bonds is 6. The first-order valence-corrected chi connectivity index (χ1v) is 15.4. The van der Waals surface area contributed by atoms with Gasteiger partial charge in [-0.15, -0.1) is 6.42 Å². The third kappa shape index (κ3) is 5.02. The predicted molar refractivity (Wildman–Crippen MR) is 167 cm³/mol. The van der Waals surface area contributed by atoms with Gasteiger partial charge in [0.25, 0.3) is 0 Å². The van der Waals surface area contributed by atoms with Crippen molar-refractivity contribution in [3.8, 4) is 35.2 Å². The van der Waals surface area contributed by atoms with E-state index in [1.54, 1.807) is 26.0 Å². The normalized spacial score (nSPS) is 23.6. The average Bonchev–Trinajstić information content (AvgIpc) is 3.71. The minimum absolute atomic E-state index is 0.00932. The van der Waals surface area contributed by atoms with E-state index in [0.29, 0.717) is 48.0 Å². The van der Waals surface area contributed by atoms with Crippen molar-refractivity contribution in [3.05, 3.63) is 53.6 Å². The fourth-order valence-corrected chi connectivity index (χ4v) is 7.59. The number of benzene rings is 3. The predicted octanol–water partition coefficient (Wildman–Crippen LogP) is 5.97. The Morgan fingerprint density at radius 1 is 1.11 bits per heavy atom. The number of nitrogens with zero attached hydrogens (tertiary/aromatic N) is 4. The van der Waals surface area contributed by atoms with Gasteiger partial charge >= 0.3 is 6.01 Å². The number of phenols is 1. The third-order valence-corrected chi connectivity index (χ3v) is 9.97. The Kier molecular flexibility index (Phi) is 7.10. The molecule has 3 fully saturated rings. The molecule has 4 heterocycles. The van der Waals surface area contributed by atoms with Crippen LogP contribution in [0.3, 0.4) is 0 Å². The number of phenolic OH excluding ortho intramolecular Hbond substituents is 1. The summed E-state index contributed by atoms with van der Waals surface area (Å²) < 4.78 is 52.2. The number of terminal acetylenes is 1. The molecule has 45 heavy (non-hydrogen) atoms. The van der Waals surface area contributed by atoms with Crippen molar-refractivity contribution in [3.63, 3.8) is 0 Å². The summed E-state index contributed by atoms with van der Waals surface area (Å²) in [7, 11) is 0. The standard InChI is InChI=1S/C35H35F3N4O3/c1-4-24-28(37)9-6-20-14-23(43)15-27(29(20)24)25-7-8-26-31(30(25)38)39-33(40-32(26)41-13-10-21(17-41)34(2,3)44)45-19-35-11-5-12-42(35)18-22(36)16-35/h1,6-9,14-15,21-22,43-44H,5,10-13,16-19H2,2-3H3. The van der Waals surface area contributed by atoms with Crippen LogP contribution in [0.4, 0.5) is 19.0 Å². The van der Waals surface area contributed by atoms with Crippen LogP contribution in [0, 0.1) is 29.9 Å². The fourth-order valence-electron chi connectivity index (χ4n) is 7.59. The van der Waals surface area contributed by atoms with Crippen molar-refractivity contribution in [2.45, 2.75) is 56.8 Å². The second-order valence-electron chi connectivity index (χ2n) is 13.3. The van der Waals surface area contributed by atoms with Crippen LogP contribution in [-0.4, -0.2) is 75.2 Å². The molecule has 3 atom stereocenters. The summed E-state index contributed by atoms with van der Waals surface area (Å²) in [6.45, 7) is 5.99. The van der Waals surface area contributed by atoms with Crippen LogP contribution in [0.25, 0.3) is 32.8 Å². The Bertz CT molecular complexity index is 1870. The highest BCUT2D eigenvalue weighted by Gasteiger charge is 2.49. The lowest BCUT2D eigenvalue weighted by Gasteiger charge is -2.31. The van der Waals surface area contributed by atoms with Gasteiger partial charge < -0.3 is 19.8 Å². The van der Waals surface area contributed by atoms with Crippen LogP contribution < -0.4 is 9.64 Å². The third-order valence-electron chi connectivity index (χ3n) is 9.97. The lowest BCUT2D eigenvalue weighted by Crippen LogP contribution is -2.43. The molecule has 10 heteroatoms. The Labute approximate surface area is 259 Å². The van der Waals surface area contributed by atoms with Crippen molar-refractivity contribution in [2.24, 2.45) is 5.92 Å². The van der Waals surface area contributed by atoms with E-state index in [0.717, 1.165) is 25.8 Å². The van der Waals surface area contributed by atoms with Crippen molar-refractivity contribution < 1.29 is 28.1 Å². The molecule has 0 bridgehead atoms. The molecule has 2 N–H and O–H groups in total. The largest absolute Gasteiger partial charge is 0.508 e. The van der Waals surface area contributed by atoms with Gasteiger partial charge in [0.05, 0.1) is 16.7 Å². The van der Waals surface area contributed by atoms with E-state index < -0.39 is 28.9 Å². The van der Waals surface area contributed by atoms with Crippen LogP contribution >= 0.6 is 0 Å². The van der Waals surface area contributed by atoms with Gasteiger partial charge in [-0.05, 0) is 74.9 Å². The Morgan fingerprint density at radius 2 is 1.93 bits per heavy atom. The number of aromatic nitrogens is 2. The zero-order valence-electron chi connectivity index (χ0n) is 25.3. The van der Waals surface area contributed by atoms with E-state index in [4.69, 9.17) is 16.1 Å². The van der Waals surface area contributed by atoms with E-state index >= 15 is 4.39 Å². The summed E-state index contributed by atoms with van der Waals surface area (Å²) in [5.74, 6) is 1.36. The summed E-state index contributed by atoms with van der Waals surface area (Å²) in [5.41, 5.74) is -1.10. The number of ether oxygens (including phenoxy) is 1. The molecule has 1 aromatic heterocycles. The van der Waals surface area contributed by atoms with Crippen molar-refractivity contribution >= 4 is 27.5 Å². The summed E-state index contributed by atoms with van der Waals surface area (Å²) in [5, 5.41) is 22.4. The lowest BCUT2D eigenvalue weighted by molar-refractivity contribution is 0.0263. The molecule has 3 aliphatic rings. The molecule has 3 saturated heterocycles. The number of aromatic hydroxyl groups is 1. The molecule has 7 nitrogen and oxygen atoms in total. The van der Waals surface area contributed by atoms with E-state index in [1.807, 2.05) is 4.90 Å². The molecular weight excluding hydrogens is 581 g/mol.